The van der Waals surface area contributed by atoms with Crippen molar-refractivity contribution < 1.29 is 4.79 Å². The van der Waals surface area contributed by atoms with Gasteiger partial charge in [-0.2, -0.15) is 10.2 Å². The molecule has 0 unspecified atom stereocenters. The molecule has 3 aromatic heterocycles. The average molecular weight is 414 g/mol. The van der Waals surface area contributed by atoms with E-state index < -0.39 is 0 Å². The summed E-state index contributed by atoms with van der Waals surface area (Å²) in [6, 6.07) is 2.95. The normalized spacial score (nSPS) is 14.8. The summed E-state index contributed by atoms with van der Waals surface area (Å²) in [6.45, 7) is 4.98. The molecule has 10 heteroatoms. The Labute approximate surface area is 171 Å². The number of aromatic amines is 1. The minimum atomic E-state index is -0.291. The van der Waals surface area contributed by atoms with Crippen LogP contribution in [0.1, 0.15) is 47.9 Å². The quantitative estimate of drug-likeness (QED) is 0.641. The lowest BCUT2D eigenvalue weighted by Gasteiger charge is -2.25. The van der Waals surface area contributed by atoms with Crippen LogP contribution in [-0.4, -0.2) is 48.9 Å². The lowest BCUT2D eigenvalue weighted by atomic mass is 10.1. The number of piperidine rings is 1. The van der Waals surface area contributed by atoms with E-state index in [9.17, 15) is 9.59 Å². The highest BCUT2D eigenvalue weighted by molar-refractivity contribution is 7.14. The highest BCUT2D eigenvalue weighted by Gasteiger charge is 2.19. The van der Waals surface area contributed by atoms with Gasteiger partial charge in [0, 0.05) is 18.0 Å². The van der Waals surface area contributed by atoms with E-state index >= 15 is 0 Å². The zero-order valence-electron chi connectivity index (χ0n) is 16.2. The second-order valence-corrected chi connectivity index (χ2v) is 7.84. The number of anilines is 1. The van der Waals surface area contributed by atoms with E-state index in [-0.39, 0.29) is 11.5 Å². The number of nitrogens with zero attached hydrogens (tertiary/aromatic N) is 5. The standard InChI is InChI=1S/C19H23N7O2S/c1-2-15-14(10-20-26(15)16-6-7-17(27)24-23-16)18(28)22-19-21-13(12-29-19)11-25-8-4-3-5-9-25/h6-7,10,12H,2-5,8-9,11H2,1H3,(H,24,27)(H,21,22,28). The van der Waals surface area contributed by atoms with Gasteiger partial charge in [-0.1, -0.05) is 13.3 Å². The van der Waals surface area contributed by atoms with Crippen LogP contribution in [-0.2, 0) is 13.0 Å². The molecule has 1 aliphatic rings. The van der Waals surface area contributed by atoms with Gasteiger partial charge in [-0.05, 0) is 38.4 Å². The van der Waals surface area contributed by atoms with Crippen molar-refractivity contribution in [2.24, 2.45) is 0 Å². The van der Waals surface area contributed by atoms with Crippen LogP contribution in [0.2, 0.25) is 0 Å². The zero-order valence-corrected chi connectivity index (χ0v) is 17.0. The van der Waals surface area contributed by atoms with Gasteiger partial charge < -0.3 is 0 Å². The summed E-state index contributed by atoms with van der Waals surface area (Å²) in [7, 11) is 0. The van der Waals surface area contributed by atoms with E-state index in [1.54, 1.807) is 10.7 Å². The summed E-state index contributed by atoms with van der Waals surface area (Å²) >= 11 is 1.43. The van der Waals surface area contributed by atoms with Gasteiger partial charge in [-0.3, -0.25) is 19.8 Å². The van der Waals surface area contributed by atoms with E-state index in [4.69, 9.17) is 0 Å². The number of rotatable bonds is 6. The van der Waals surface area contributed by atoms with Gasteiger partial charge in [0.15, 0.2) is 10.9 Å². The molecule has 0 aliphatic carbocycles. The van der Waals surface area contributed by atoms with Crippen molar-refractivity contribution in [3.63, 3.8) is 0 Å². The lowest BCUT2D eigenvalue weighted by molar-refractivity contribution is 0.102. The van der Waals surface area contributed by atoms with Gasteiger partial charge in [0.2, 0.25) is 0 Å². The number of hydrogen-bond acceptors (Lipinski definition) is 7. The number of carbonyl (C=O) groups is 1. The van der Waals surface area contributed by atoms with Crippen LogP contribution in [0.15, 0.2) is 28.5 Å². The van der Waals surface area contributed by atoms with Crippen molar-refractivity contribution in [2.45, 2.75) is 39.2 Å². The van der Waals surface area contributed by atoms with Gasteiger partial charge in [-0.25, -0.2) is 14.8 Å². The summed E-state index contributed by atoms with van der Waals surface area (Å²) in [5.74, 6) is 0.204. The molecule has 2 N–H and O–H groups in total. The number of H-pyrrole nitrogens is 1. The van der Waals surface area contributed by atoms with Crippen LogP contribution in [0, 0.1) is 0 Å². The first-order valence-corrected chi connectivity index (χ1v) is 10.6. The molecule has 1 aliphatic heterocycles. The summed E-state index contributed by atoms with van der Waals surface area (Å²) < 4.78 is 1.56. The van der Waals surface area contributed by atoms with Gasteiger partial charge in [0.05, 0.1) is 23.1 Å². The predicted octanol–water partition coefficient (Wildman–Crippen LogP) is 2.21. The molecule has 4 rings (SSSR count). The Morgan fingerprint density at radius 2 is 2.10 bits per heavy atom. The SMILES string of the molecule is CCc1c(C(=O)Nc2nc(CN3CCCCC3)cs2)cnn1-c1ccc(=O)[nH]n1. The van der Waals surface area contributed by atoms with Crippen molar-refractivity contribution in [3.05, 3.63) is 51.0 Å². The Morgan fingerprint density at radius 3 is 2.83 bits per heavy atom. The maximum absolute atomic E-state index is 12.8. The summed E-state index contributed by atoms with van der Waals surface area (Å²) in [6.07, 6.45) is 5.88. The second-order valence-electron chi connectivity index (χ2n) is 6.98. The van der Waals surface area contributed by atoms with Crippen molar-refractivity contribution >= 4 is 22.4 Å². The minimum Gasteiger partial charge on any atom is -0.298 e. The largest absolute Gasteiger partial charge is 0.298 e. The molecule has 1 amide bonds. The number of nitrogens with one attached hydrogen (secondary N) is 2. The molecule has 0 spiro atoms. The number of amides is 1. The monoisotopic (exact) mass is 413 g/mol. The number of likely N-dealkylation sites (tertiary alicyclic amines) is 1. The fraction of sp³-hybridized carbons (Fsp3) is 0.421. The van der Waals surface area contributed by atoms with E-state index in [2.05, 4.69) is 30.5 Å². The van der Waals surface area contributed by atoms with E-state index in [1.807, 2.05) is 12.3 Å². The molecule has 0 aromatic carbocycles. The molecule has 4 heterocycles. The first-order chi connectivity index (χ1) is 14.1. The maximum atomic E-state index is 12.8. The number of thiazole rings is 1. The van der Waals surface area contributed by atoms with Gasteiger partial charge >= 0.3 is 0 Å². The number of aromatic nitrogens is 5. The van der Waals surface area contributed by atoms with Gasteiger partial charge in [0.25, 0.3) is 11.5 Å². The smallest absolute Gasteiger partial charge is 0.264 e. The average Bonchev–Trinajstić information content (AvgIpc) is 3.36. The Balaban J connectivity index is 1.47. The molecular weight excluding hydrogens is 390 g/mol. The lowest BCUT2D eigenvalue weighted by Crippen LogP contribution is -2.29. The predicted molar refractivity (Wildman–Crippen MR) is 111 cm³/mol. The highest BCUT2D eigenvalue weighted by Crippen LogP contribution is 2.21. The summed E-state index contributed by atoms with van der Waals surface area (Å²) in [5.41, 5.74) is 1.87. The molecule has 1 saturated heterocycles. The Hall–Kier alpha value is -2.85. The first-order valence-electron chi connectivity index (χ1n) is 9.75. The Morgan fingerprint density at radius 1 is 1.28 bits per heavy atom. The molecule has 0 bridgehead atoms. The van der Waals surface area contributed by atoms with Crippen LogP contribution in [0.3, 0.4) is 0 Å². The van der Waals surface area contributed by atoms with Crippen molar-refractivity contribution in [1.82, 2.24) is 29.9 Å². The molecule has 0 saturated carbocycles. The number of hydrogen-bond donors (Lipinski definition) is 2. The van der Waals surface area contributed by atoms with Crippen molar-refractivity contribution in [1.29, 1.82) is 0 Å². The third-order valence-electron chi connectivity index (χ3n) is 4.94. The number of carbonyl (C=O) groups excluding carboxylic acids is 1. The molecule has 0 radical (unpaired) electrons. The third kappa shape index (κ3) is 4.43. The van der Waals surface area contributed by atoms with E-state index in [0.717, 1.165) is 25.3 Å². The molecule has 1 fully saturated rings. The molecule has 152 valence electrons. The third-order valence-corrected chi connectivity index (χ3v) is 5.74. The highest BCUT2D eigenvalue weighted by atomic mass is 32.1. The van der Waals surface area contributed by atoms with Crippen LogP contribution in [0.4, 0.5) is 5.13 Å². The fourth-order valence-corrected chi connectivity index (χ4v) is 4.20. The first kappa shape index (κ1) is 19.5. The fourth-order valence-electron chi connectivity index (χ4n) is 3.50. The van der Waals surface area contributed by atoms with Crippen molar-refractivity contribution in [3.8, 4) is 5.82 Å². The molecule has 0 atom stereocenters. The van der Waals surface area contributed by atoms with Crippen molar-refractivity contribution in [2.75, 3.05) is 18.4 Å². The molecule has 29 heavy (non-hydrogen) atoms. The van der Waals surface area contributed by atoms with Crippen LogP contribution < -0.4 is 10.9 Å². The Kier molecular flexibility index (Phi) is 5.81. The molecule has 9 nitrogen and oxygen atoms in total. The van der Waals surface area contributed by atoms with E-state index in [1.165, 1.54) is 42.9 Å². The minimum absolute atomic E-state index is 0.253. The van der Waals surface area contributed by atoms with Gasteiger partial charge in [-0.15, -0.1) is 11.3 Å². The molecule has 3 aromatic rings. The van der Waals surface area contributed by atoms with E-state index in [0.29, 0.717) is 28.6 Å². The molecular formula is C19H23N7O2S. The van der Waals surface area contributed by atoms with Crippen LogP contribution >= 0.6 is 11.3 Å². The second kappa shape index (κ2) is 8.66. The van der Waals surface area contributed by atoms with Crippen LogP contribution in [0.25, 0.3) is 5.82 Å². The maximum Gasteiger partial charge on any atom is 0.264 e. The van der Waals surface area contributed by atoms with Crippen LogP contribution in [0.5, 0.6) is 0 Å². The van der Waals surface area contributed by atoms with Gasteiger partial charge in [0.1, 0.15) is 0 Å². The Bertz CT molecular complexity index is 1030. The topological polar surface area (TPSA) is 109 Å². The zero-order chi connectivity index (χ0) is 20.2. The summed E-state index contributed by atoms with van der Waals surface area (Å²) in [4.78, 5) is 31.0. The summed E-state index contributed by atoms with van der Waals surface area (Å²) in [5, 5.41) is 16.1.